The molecular weight excluding hydrogens is 462 g/mol. The van der Waals surface area contributed by atoms with Crippen LogP contribution >= 0.6 is 11.6 Å². The smallest absolute Gasteiger partial charge is 0.251 e. The molecule has 184 valence electrons. The molecule has 1 saturated heterocycles. The fraction of sp³-hybridized carbons (Fsp3) is 0.444. The molecule has 1 unspecified atom stereocenters. The Balaban J connectivity index is 1.25. The van der Waals surface area contributed by atoms with Gasteiger partial charge < -0.3 is 15.5 Å². The first kappa shape index (κ1) is 23.8. The second kappa shape index (κ2) is 9.99. The van der Waals surface area contributed by atoms with E-state index >= 15 is 0 Å². The van der Waals surface area contributed by atoms with Gasteiger partial charge in [0, 0.05) is 56.9 Å². The Labute approximate surface area is 211 Å². The van der Waals surface area contributed by atoms with Crippen molar-refractivity contribution >= 4 is 40.5 Å². The van der Waals surface area contributed by atoms with Crippen LogP contribution in [-0.2, 0) is 11.3 Å². The molecule has 0 aromatic heterocycles. The number of piperazine rings is 1. The van der Waals surface area contributed by atoms with Gasteiger partial charge in [0.1, 0.15) is 0 Å². The first-order valence-electron chi connectivity index (χ1n) is 12.5. The van der Waals surface area contributed by atoms with Gasteiger partial charge in [-0.05, 0) is 62.1 Å². The van der Waals surface area contributed by atoms with Crippen LogP contribution in [0.15, 0.2) is 35.3 Å². The van der Waals surface area contributed by atoms with Gasteiger partial charge in [0.05, 0.1) is 28.0 Å². The summed E-state index contributed by atoms with van der Waals surface area (Å²) < 4.78 is 0. The summed E-state index contributed by atoms with van der Waals surface area (Å²) in [6.07, 6.45) is 1.86. The summed E-state index contributed by atoms with van der Waals surface area (Å²) in [5.74, 6) is -0.125. The minimum absolute atomic E-state index is 0.0798. The maximum Gasteiger partial charge on any atom is 0.251 e. The lowest BCUT2D eigenvalue weighted by Gasteiger charge is -2.37. The number of aliphatic imine (C=N–C) groups is 1. The summed E-state index contributed by atoms with van der Waals surface area (Å²) in [5.41, 5.74) is 6.93. The fourth-order valence-electron chi connectivity index (χ4n) is 5.43. The fourth-order valence-corrected chi connectivity index (χ4v) is 5.73. The van der Waals surface area contributed by atoms with Gasteiger partial charge in [-0.3, -0.25) is 19.5 Å². The zero-order valence-electron chi connectivity index (χ0n) is 20.4. The summed E-state index contributed by atoms with van der Waals surface area (Å²) in [4.78, 5) is 34.2. The van der Waals surface area contributed by atoms with Gasteiger partial charge in [-0.15, -0.1) is 0 Å². The van der Waals surface area contributed by atoms with Gasteiger partial charge in [0.25, 0.3) is 5.91 Å². The number of nitrogens with one attached hydrogen (secondary N) is 2. The Kier molecular flexibility index (Phi) is 6.80. The van der Waals surface area contributed by atoms with Gasteiger partial charge in [0.2, 0.25) is 5.91 Å². The van der Waals surface area contributed by atoms with E-state index in [1.54, 1.807) is 6.07 Å². The third-order valence-corrected chi connectivity index (χ3v) is 7.46. The molecule has 3 aliphatic rings. The zero-order valence-corrected chi connectivity index (χ0v) is 21.1. The Bertz CT molecular complexity index is 1190. The standard InChI is InChI=1S/C27H32ClN5O2/c1-3-29-26(34)19-6-7-23(21(28)15-19)33-11-9-32(10-12-33)16-18-13-17(2)24-22(14-18)31-27(35)20-5-4-8-30-25(20)24/h6-7,13-15,20H,3-5,8-12,16H2,1-2H3,(H,29,34)(H,31,35). The Morgan fingerprint density at radius 1 is 1.20 bits per heavy atom. The average Bonchev–Trinajstić information content (AvgIpc) is 2.84. The van der Waals surface area contributed by atoms with E-state index < -0.39 is 0 Å². The lowest BCUT2D eigenvalue weighted by atomic mass is 9.83. The third-order valence-electron chi connectivity index (χ3n) is 7.16. The quantitative estimate of drug-likeness (QED) is 0.663. The van der Waals surface area contributed by atoms with E-state index in [1.165, 1.54) is 11.1 Å². The number of rotatable bonds is 5. The normalized spacial score (nSPS) is 20.0. The number of fused-ring (bicyclic) bond motifs is 3. The van der Waals surface area contributed by atoms with E-state index in [2.05, 4.69) is 39.5 Å². The van der Waals surface area contributed by atoms with Crippen LogP contribution in [0.5, 0.6) is 0 Å². The van der Waals surface area contributed by atoms with Gasteiger partial charge in [-0.25, -0.2) is 0 Å². The number of benzene rings is 2. The Hall–Kier alpha value is -2.90. The molecule has 0 aliphatic carbocycles. The van der Waals surface area contributed by atoms with Crippen molar-refractivity contribution in [3.63, 3.8) is 0 Å². The first-order chi connectivity index (χ1) is 16.9. The van der Waals surface area contributed by atoms with Crippen molar-refractivity contribution in [1.29, 1.82) is 0 Å². The topological polar surface area (TPSA) is 77.0 Å². The van der Waals surface area contributed by atoms with E-state index in [0.717, 1.165) is 74.8 Å². The molecule has 2 aromatic rings. The van der Waals surface area contributed by atoms with Crippen molar-refractivity contribution in [3.05, 3.63) is 57.6 Å². The number of hydrogen-bond acceptors (Lipinski definition) is 5. The number of aryl methyl sites for hydroxylation is 1. The third kappa shape index (κ3) is 4.80. The molecule has 8 heteroatoms. The molecular formula is C27H32ClN5O2. The summed E-state index contributed by atoms with van der Waals surface area (Å²) in [5, 5.41) is 6.56. The number of nitrogens with zero attached hydrogens (tertiary/aromatic N) is 3. The Morgan fingerprint density at radius 2 is 2.00 bits per heavy atom. The van der Waals surface area contributed by atoms with Crippen molar-refractivity contribution < 1.29 is 9.59 Å². The van der Waals surface area contributed by atoms with Gasteiger partial charge in [0.15, 0.2) is 0 Å². The van der Waals surface area contributed by atoms with Crippen molar-refractivity contribution in [3.8, 4) is 0 Å². The van der Waals surface area contributed by atoms with Crippen molar-refractivity contribution in [2.45, 2.75) is 33.2 Å². The van der Waals surface area contributed by atoms with Gasteiger partial charge in [-0.1, -0.05) is 17.7 Å². The lowest BCUT2D eigenvalue weighted by Crippen LogP contribution is -2.46. The summed E-state index contributed by atoms with van der Waals surface area (Å²) >= 11 is 6.54. The number of anilines is 2. The van der Waals surface area contributed by atoms with Crippen LogP contribution in [0, 0.1) is 12.8 Å². The minimum Gasteiger partial charge on any atom is -0.368 e. The monoisotopic (exact) mass is 493 g/mol. The predicted octanol–water partition coefficient (Wildman–Crippen LogP) is 3.87. The van der Waals surface area contributed by atoms with Crippen LogP contribution in [0.2, 0.25) is 5.02 Å². The zero-order chi connectivity index (χ0) is 24.5. The maximum atomic E-state index is 12.7. The molecule has 3 heterocycles. The lowest BCUT2D eigenvalue weighted by molar-refractivity contribution is -0.118. The minimum atomic E-state index is -0.103. The molecule has 2 N–H and O–H groups in total. The van der Waals surface area contributed by atoms with Crippen molar-refractivity contribution in [1.82, 2.24) is 10.2 Å². The molecule has 0 spiro atoms. The first-order valence-corrected chi connectivity index (χ1v) is 12.9. The molecule has 7 nitrogen and oxygen atoms in total. The largest absolute Gasteiger partial charge is 0.368 e. The highest BCUT2D eigenvalue weighted by Crippen LogP contribution is 2.34. The number of hydrogen-bond donors (Lipinski definition) is 2. The van der Waals surface area contributed by atoms with E-state index in [4.69, 9.17) is 16.6 Å². The molecule has 0 radical (unpaired) electrons. The maximum absolute atomic E-state index is 12.7. The van der Waals surface area contributed by atoms with E-state index in [-0.39, 0.29) is 17.7 Å². The van der Waals surface area contributed by atoms with Gasteiger partial charge in [-0.2, -0.15) is 0 Å². The molecule has 35 heavy (non-hydrogen) atoms. The van der Waals surface area contributed by atoms with Crippen LogP contribution < -0.4 is 15.5 Å². The van der Waals surface area contributed by atoms with Crippen LogP contribution in [-0.4, -0.2) is 61.7 Å². The molecule has 0 bridgehead atoms. The molecule has 0 saturated carbocycles. The SMILES string of the molecule is CCNC(=O)c1ccc(N2CCN(Cc3cc(C)c4c(c3)NC(=O)C3CCCN=C43)CC2)c(Cl)c1. The van der Waals surface area contributed by atoms with Gasteiger partial charge >= 0.3 is 0 Å². The molecule has 2 aromatic carbocycles. The average molecular weight is 494 g/mol. The highest BCUT2D eigenvalue weighted by Gasteiger charge is 2.35. The highest BCUT2D eigenvalue weighted by atomic mass is 35.5. The summed E-state index contributed by atoms with van der Waals surface area (Å²) in [6.45, 7) is 9.79. The molecule has 2 amide bonds. The Morgan fingerprint density at radius 3 is 2.74 bits per heavy atom. The number of carbonyl (C=O) groups is 2. The molecule has 1 fully saturated rings. The van der Waals surface area contributed by atoms with E-state index in [9.17, 15) is 9.59 Å². The van der Waals surface area contributed by atoms with Crippen LogP contribution in [0.3, 0.4) is 0 Å². The van der Waals surface area contributed by atoms with Crippen LogP contribution in [0.1, 0.15) is 46.8 Å². The molecule has 3 aliphatic heterocycles. The molecule has 1 atom stereocenters. The van der Waals surface area contributed by atoms with E-state index in [1.807, 2.05) is 19.1 Å². The van der Waals surface area contributed by atoms with E-state index in [0.29, 0.717) is 17.1 Å². The number of amides is 2. The van der Waals surface area contributed by atoms with Crippen LogP contribution in [0.25, 0.3) is 0 Å². The highest BCUT2D eigenvalue weighted by molar-refractivity contribution is 6.33. The summed E-state index contributed by atoms with van der Waals surface area (Å²) in [7, 11) is 0. The second-order valence-electron chi connectivity index (χ2n) is 9.58. The van der Waals surface area contributed by atoms with Crippen LogP contribution in [0.4, 0.5) is 11.4 Å². The second-order valence-corrected chi connectivity index (χ2v) is 9.98. The number of halogens is 1. The predicted molar refractivity (Wildman–Crippen MR) is 141 cm³/mol. The van der Waals surface area contributed by atoms with Crippen molar-refractivity contribution in [2.75, 3.05) is 49.5 Å². The summed E-state index contributed by atoms with van der Waals surface area (Å²) in [6, 6.07) is 9.90. The van der Waals surface area contributed by atoms with Crippen molar-refractivity contribution in [2.24, 2.45) is 10.9 Å². The number of carbonyl (C=O) groups excluding carboxylic acids is 2. The molecule has 5 rings (SSSR count).